The lowest BCUT2D eigenvalue weighted by atomic mass is 9.86. The Morgan fingerprint density at radius 1 is 1.38 bits per heavy atom. The van der Waals surface area contributed by atoms with Crippen LogP contribution in [0.15, 0.2) is 24.3 Å². The van der Waals surface area contributed by atoms with E-state index < -0.39 is 5.60 Å². The van der Waals surface area contributed by atoms with Gasteiger partial charge in [0.15, 0.2) is 5.69 Å². The maximum atomic E-state index is 12.7. The van der Waals surface area contributed by atoms with E-state index in [1.807, 2.05) is 30.9 Å². The number of nitrogens with zero attached hydrogens (tertiary/aromatic N) is 2. The largest absolute Gasteiger partial charge is 0.390 e. The van der Waals surface area contributed by atoms with Gasteiger partial charge in [-0.3, -0.25) is 4.79 Å². The zero-order valence-electron chi connectivity index (χ0n) is 14.2. The number of carbonyl (C=O) groups is 1. The molecule has 1 amide bonds. The smallest absolute Gasteiger partial charge is 0.270 e. The number of piperidine rings is 1. The molecule has 3 rings (SSSR count). The van der Waals surface area contributed by atoms with Crippen LogP contribution >= 0.6 is 0 Å². The lowest BCUT2D eigenvalue weighted by Crippen LogP contribution is -2.40. The van der Waals surface area contributed by atoms with Crippen molar-refractivity contribution < 1.29 is 9.90 Å². The van der Waals surface area contributed by atoms with E-state index in [4.69, 9.17) is 6.57 Å². The number of aromatic amines is 1. The van der Waals surface area contributed by atoms with Crippen molar-refractivity contribution in [2.45, 2.75) is 38.7 Å². The molecule has 0 spiro atoms. The van der Waals surface area contributed by atoms with E-state index in [1.165, 1.54) is 0 Å². The van der Waals surface area contributed by atoms with Gasteiger partial charge in [0, 0.05) is 18.6 Å². The summed E-state index contributed by atoms with van der Waals surface area (Å²) in [7, 11) is 0. The molecule has 1 aromatic heterocycles. The Balaban J connectivity index is 1.68. The molecule has 1 aliphatic rings. The summed E-state index contributed by atoms with van der Waals surface area (Å²) in [6, 6.07) is 7.22. The third kappa shape index (κ3) is 3.60. The predicted molar refractivity (Wildman–Crippen MR) is 94.1 cm³/mol. The van der Waals surface area contributed by atoms with Crippen LogP contribution in [0.5, 0.6) is 0 Å². The Hall–Kier alpha value is -2.32. The van der Waals surface area contributed by atoms with Gasteiger partial charge in [0.1, 0.15) is 5.69 Å². The van der Waals surface area contributed by atoms with Gasteiger partial charge >= 0.3 is 0 Å². The van der Waals surface area contributed by atoms with Crippen LogP contribution in [0.4, 0.5) is 5.69 Å². The standard InChI is InChI=1S/C19H23N3O2/c1-19(2,24)12-13-6-8-22(9-7-13)18(23)17-11-14-10-15(20-3)4-5-16(14)21-17/h4-5,10-11,13,21,24H,6-9,12H2,1-2H3. The zero-order valence-corrected chi connectivity index (χ0v) is 14.2. The first kappa shape index (κ1) is 16.5. The highest BCUT2D eigenvalue weighted by Gasteiger charge is 2.27. The van der Waals surface area contributed by atoms with Crippen molar-refractivity contribution in [3.05, 3.63) is 41.4 Å². The first-order valence-electron chi connectivity index (χ1n) is 8.37. The average Bonchev–Trinajstić information content (AvgIpc) is 2.96. The molecule has 1 aromatic carbocycles. The van der Waals surface area contributed by atoms with Crippen LogP contribution in [0, 0.1) is 12.5 Å². The molecule has 126 valence electrons. The maximum Gasteiger partial charge on any atom is 0.270 e. The zero-order chi connectivity index (χ0) is 17.3. The van der Waals surface area contributed by atoms with Gasteiger partial charge in [-0.2, -0.15) is 0 Å². The number of nitrogens with one attached hydrogen (secondary N) is 1. The van der Waals surface area contributed by atoms with Crippen molar-refractivity contribution in [1.29, 1.82) is 0 Å². The Bertz CT molecular complexity index is 787. The van der Waals surface area contributed by atoms with Crippen LogP contribution in [0.3, 0.4) is 0 Å². The normalized spacial score (nSPS) is 16.3. The predicted octanol–water partition coefficient (Wildman–Crippen LogP) is 3.73. The topological polar surface area (TPSA) is 60.7 Å². The Kier molecular flexibility index (Phi) is 4.33. The molecule has 1 aliphatic heterocycles. The second-order valence-electron chi connectivity index (χ2n) is 7.32. The van der Waals surface area contributed by atoms with Crippen molar-refractivity contribution in [2.75, 3.05) is 13.1 Å². The number of benzene rings is 1. The highest BCUT2D eigenvalue weighted by atomic mass is 16.3. The fourth-order valence-corrected chi connectivity index (χ4v) is 3.52. The minimum atomic E-state index is -0.644. The second-order valence-corrected chi connectivity index (χ2v) is 7.32. The van der Waals surface area contributed by atoms with Gasteiger partial charge in [-0.25, -0.2) is 4.85 Å². The van der Waals surface area contributed by atoms with Crippen LogP contribution in [0.2, 0.25) is 0 Å². The van der Waals surface area contributed by atoms with Crippen LogP contribution in [0.1, 0.15) is 43.6 Å². The number of likely N-dealkylation sites (tertiary alicyclic amines) is 1. The van der Waals surface area contributed by atoms with E-state index >= 15 is 0 Å². The van der Waals surface area contributed by atoms with Crippen LogP contribution < -0.4 is 0 Å². The highest BCUT2D eigenvalue weighted by molar-refractivity contribution is 5.98. The highest BCUT2D eigenvalue weighted by Crippen LogP contribution is 2.28. The molecule has 5 heteroatoms. The molecule has 0 aliphatic carbocycles. The molecule has 0 atom stereocenters. The second kappa shape index (κ2) is 6.29. The fraction of sp³-hybridized carbons (Fsp3) is 0.474. The van der Waals surface area contributed by atoms with Gasteiger partial charge in [-0.05, 0) is 62.6 Å². The molecule has 0 bridgehead atoms. The molecule has 0 saturated carbocycles. The summed E-state index contributed by atoms with van der Waals surface area (Å²) in [5.41, 5.74) is 1.39. The van der Waals surface area contributed by atoms with E-state index in [0.29, 0.717) is 17.3 Å². The Labute approximate surface area is 142 Å². The van der Waals surface area contributed by atoms with Crippen molar-refractivity contribution in [3.63, 3.8) is 0 Å². The number of carbonyl (C=O) groups excluding carboxylic acids is 1. The van der Waals surface area contributed by atoms with Crippen LogP contribution in [0.25, 0.3) is 15.7 Å². The number of H-pyrrole nitrogens is 1. The molecule has 2 aromatic rings. The summed E-state index contributed by atoms with van der Waals surface area (Å²) in [6.07, 6.45) is 2.64. The number of hydrogen-bond donors (Lipinski definition) is 2. The van der Waals surface area contributed by atoms with Crippen LogP contribution in [-0.4, -0.2) is 39.6 Å². The summed E-state index contributed by atoms with van der Waals surface area (Å²) < 4.78 is 0. The summed E-state index contributed by atoms with van der Waals surface area (Å²) in [5, 5.41) is 10.8. The summed E-state index contributed by atoms with van der Waals surface area (Å²) in [4.78, 5) is 21.2. The molecular formula is C19H23N3O2. The van der Waals surface area contributed by atoms with Gasteiger partial charge in [-0.1, -0.05) is 6.07 Å². The van der Waals surface area contributed by atoms with E-state index in [9.17, 15) is 9.90 Å². The monoisotopic (exact) mass is 325 g/mol. The number of aromatic nitrogens is 1. The Morgan fingerprint density at radius 3 is 2.71 bits per heavy atom. The van der Waals surface area contributed by atoms with Crippen molar-refractivity contribution in [1.82, 2.24) is 9.88 Å². The number of hydrogen-bond acceptors (Lipinski definition) is 2. The first-order valence-corrected chi connectivity index (χ1v) is 8.37. The summed E-state index contributed by atoms with van der Waals surface area (Å²) in [5.74, 6) is 0.482. The third-order valence-electron chi connectivity index (χ3n) is 4.65. The molecule has 2 N–H and O–H groups in total. The number of aliphatic hydroxyl groups is 1. The summed E-state index contributed by atoms with van der Waals surface area (Å²) >= 11 is 0. The van der Waals surface area contributed by atoms with Gasteiger partial charge in [0.2, 0.25) is 0 Å². The number of fused-ring (bicyclic) bond motifs is 1. The van der Waals surface area contributed by atoms with E-state index in [2.05, 4.69) is 9.83 Å². The molecule has 5 nitrogen and oxygen atoms in total. The van der Waals surface area contributed by atoms with Crippen molar-refractivity contribution in [2.24, 2.45) is 5.92 Å². The molecular weight excluding hydrogens is 302 g/mol. The van der Waals surface area contributed by atoms with E-state index in [-0.39, 0.29) is 5.91 Å². The van der Waals surface area contributed by atoms with Gasteiger partial charge < -0.3 is 15.0 Å². The van der Waals surface area contributed by atoms with E-state index in [1.54, 1.807) is 12.1 Å². The fourth-order valence-electron chi connectivity index (χ4n) is 3.52. The van der Waals surface area contributed by atoms with Crippen LogP contribution in [-0.2, 0) is 0 Å². The van der Waals surface area contributed by atoms with Gasteiger partial charge in [-0.15, -0.1) is 0 Å². The maximum absolute atomic E-state index is 12.7. The van der Waals surface area contributed by atoms with E-state index in [0.717, 1.165) is 43.3 Å². The van der Waals surface area contributed by atoms with Crippen molar-refractivity contribution in [3.8, 4) is 0 Å². The molecule has 24 heavy (non-hydrogen) atoms. The minimum Gasteiger partial charge on any atom is -0.390 e. The SMILES string of the molecule is [C-]#[N+]c1ccc2[nH]c(C(=O)N3CCC(CC(C)(C)O)CC3)cc2c1. The average molecular weight is 325 g/mol. The minimum absolute atomic E-state index is 0.0114. The number of amides is 1. The molecule has 0 unspecified atom stereocenters. The van der Waals surface area contributed by atoms with Gasteiger partial charge in [0.05, 0.1) is 12.2 Å². The molecule has 1 fully saturated rings. The van der Waals surface area contributed by atoms with Crippen molar-refractivity contribution >= 4 is 22.5 Å². The lowest BCUT2D eigenvalue weighted by Gasteiger charge is -2.34. The quantitative estimate of drug-likeness (QED) is 0.845. The molecule has 1 saturated heterocycles. The van der Waals surface area contributed by atoms with Gasteiger partial charge in [0.25, 0.3) is 5.91 Å². The summed E-state index contributed by atoms with van der Waals surface area (Å²) in [6.45, 7) is 12.2. The molecule has 2 heterocycles. The molecule has 0 radical (unpaired) electrons. The lowest BCUT2D eigenvalue weighted by molar-refractivity contribution is 0.0357. The third-order valence-corrected chi connectivity index (χ3v) is 4.65. The first-order chi connectivity index (χ1) is 11.4. The Morgan fingerprint density at radius 2 is 2.08 bits per heavy atom. The number of rotatable bonds is 3.